The highest BCUT2D eigenvalue weighted by Gasteiger charge is 2.04. The summed E-state index contributed by atoms with van der Waals surface area (Å²) in [6.07, 6.45) is 3.21. The molecule has 1 aromatic rings. The minimum absolute atomic E-state index is 0.0417. The molecule has 0 spiro atoms. The molecule has 0 unspecified atom stereocenters. The molecule has 7 nitrogen and oxygen atoms in total. The number of ether oxygens (including phenoxy) is 4. The molecule has 0 radical (unpaired) electrons. The normalized spacial score (nSPS) is 9.69. The van der Waals surface area contributed by atoms with Crippen molar-refractivity contribution < 1.29 is 34.0 Å². The average molecular weight is 417 g/mol. The van der Waals surface area contributed by atoms with E-state index in [0.717, 1.165) is 32.5 Å². The lowest BCUT2D eigenvalue weighted by Gasteiger charge is -2.03. The molecular formula is C22H40O7. The summed E-state index contributed by atoms with van der Waals surface area (Å²) in [6.45, 7) is 10.0. The monoisotopic (exact) mass is 416 g/mol. The van der Waals surface area contributed by atoms with Crippen LogP contribution < -0.4 is 0 Å². The van der Waals surface area contributed by atoms with Crippen molar-refractivity contribution in [3.8, 4) is 0 Å². The molecule has 29 heavy (non-hydrogen) atoms. The van der Waals surface area contributed by atoms with E-state index in [1.54, 1.807) is 12.1 Å². The predicted molar refractivity (Wildman–Crippen MR) is 114 cm³/mol. The molecule has 170 valence electrons. The maximum Gasteiger partial charge on any atom is 0.338 e. The number of hydrogen-bond acceptors (Lipinski definition) is 7. The number of aliphatic hydroxyl groups excluding tert-OH is 2. The third-order valence-electron chi connectivity index (χ3n) is 3.24. The molecule has 0 atom stereocenters. The predicted octanol–water partition coefficient (Wildman–Crippen LogP) is 3.08. The van der Waals surface area contributed by atoms with Gasteiger partial charge in [0, 0.05) is 13.2 Å². The Morgan fingerprint density at radius 3 is 1.72 bits per heavy atom. The van der Waals surface area contributed by atoms with Crippen LogP contribution in [0.5, 0.6) is 0 Å². The largest absolute Gasteiger partial charge is 0.462 e. The van der Waals surface area contributed by atoms with E-state index in [1.165, 1.54) is 0 Å². The van der Waals surface area contributed by atoms with Crippen LogP contribution >= 0.6 is 0 Å². The topological polar surface area (TPSA) is 94.5 Å². The Bertz CT molecular complexity index is 416. The maximum absolute atomic E-state index is 11.4. The molecule has 1 rings (SSSR count). The summed E-state index contributed by atoms with van der Waals surface area (Å²) in [5.41, 5.74) is 0.629. The molecule has 0 saturated heterocycles. The van der Waals surface area contributed by atoms with Gasteiger partial charge in [-0.05, 0) is 32.4 Å². The molecular weight excluding hydrogens is 376 g/mol. The van der Waals surface area contributed by atoms with Crippen molar-refractivity contribution in [1.29, 1.82) is 0 Å². The summed E-state index contributed by atoms with van der Waals surface area (Å²) < 4.78 is 19.7. The second-order valence-electron chi connectivity index (χ2n) is 5.66. The SMILES string of the molecule is CCCCCOC(=O)c1ccccc1.CCOCC.OCCOCCOCCO. The van der Waals surface area contributed by atoms with Gasteiger partial charge < -0.3 is 29.2 Å². The van der Waals surface area contributed by atoms with Crippen molar-refractivity contribution in [2.24, 2.45) is 0 Å². The van der Waals surface area contributed by atoms with Gasteiger partial charge in [0.2, 0.25) is 0 Å². The van der Waals surface area contributed by atoms with Crippen molar-refractivity contribution in [3.05, 3.63) is 35.9 Å². The Morgan fingerprint density at radius 2 is 1.31 bits per heavy atom. The lowest BCUT2D eigenvalue weighted by atomic mass is 10.2. The second kappa shape index (κ2) is 26.5. The van der Waals surface area contributed by atoms with Crippen LogP contribution in [-0.4, -0.2) is 75.6 Å². The van der Waals surface area contributed by atoms with Crippen molar-refractivity contribution in [2.45, 2.75) is 40.0 Å². The number of hydrogen-bond donors (Lipinski definition) is 2. The molecule has 7 heteroatoms. The van der Waals surface area contributed by atoms with Gasteiger partial charge in [-0.1, -0.05) is 38.0 Å². The Labute approximate surface area is 175 Å². The first-order valence-electron chi connectivity index (χ1n) is 10.3. The van der Waals surface area contributed by atoms with E-state index < -0.39 is 0 Å². The second-order valence-corrected chi connectivity index (χ2v) is 5.66. The number of carbonyl (C=O) groups excluding carboxylic acids is 1. The lowest BCUT2D eigenvalue weighted by Crippen LogP contribution is -2.09. The van der Waals surface area contributed by atoms with Gasteiger partial charge in [0.25, 0.3) is 0 Å². The van der Waals surface area contributed by atoms with Crippen LogP contribution in [0.2, 0.25) is 0 Å². The van der Waals surface area contributed by atoms with Crippen LogP contribution in [-0.2, 0) is 18.9 Å². The minimum atomic E-state index is -0.221. The molecule has 0 aliphatic carbocycles. The summed E-state index contributed by atoms with van der Waals surface area (Å²) in [7, 11) is 0. The van der Waals surface area contributed by atoms with E-state index in [2.05, 4.69) is 6.92 Å². The van der Waals surface area contributed by atoms with Crippen LogP contribution in [0, 0.1) is 0 Å². The van der Waals surface area contributed by atoms with E-state index >= 15 is 0 Å². The number of esters is 1. The third-order valence-corrected chi connectivity index (χ3v) is 3.24. The first-order chi connectivity index (χ1) is 14.2. The van der Waals surface area contributed by atoms with Gasteiger partial charge in [0.05, 0.1) is 51.8 Å². The van der Waals surface area contributed by atoms with Gasteiger partial charge in [-0.3, -0.25) is 0 Å². The smallest absolute Gasteiger partial charge is 0.338 e. The van der Waals surface area contributed by atoms with Crippen molar-refractivity contribution >= 4 is 5.97 Å². The third kappa shape index (κ3) is 24.5. The van der Waals surface area contributed by atoms with Crippen LogP contribution in [0.1, 0.15) is 50.4 Å². The first kappa shape index (κ1) is 29.7. The Kier molecular flexibility index (Phi) is 27.1. The van der Waals surface area contributed by atoms with Crippen molar-refractivity contribution in [2.75, 3.05) is 59.5 Å². The highest BCUT2D eigenvalue weighted by Crippen LogP contribution is 2.02. The van der Waals surface area contributed by atoms with E-state index in [9.17, 15) is 4.79 Å². The molecule has 0 aromatic heterocycles. The maximum atomic E-state index is 11.4. The lowest BCUT2D eigenvalue weighted by molar-refractivity contribution is 0.0222. The summed E-state index contributed by atoms with van der Waals surface area (Å²) in [4.78, 5) is 11.4. The van der Waals surface area contributed by atoms with Gasteiger partial charge in [0.15, 0.2) is 0 Å². The van der Waals surface area contributed by atoms with Crippen LogP contribution in [0.25, 0.3) is 0 Å². The highest BCUT2D eigenvalue weighted by atomic mass is 16.5. The zero-order chi connectivity index (χ0) is 22.0. The van der Waals surface area contributed by atoms with Gasteiger partial charge in [0.1, 0.15) is 0 Å². The van der Waals surface area contributed by atoms with Gasteiger partial charge >= 0.3 is 5.97 Å². The molecule has 0 saturated carbocycles. The van der Waals surface area contributed by atoms with E-state index in [1.807, 2.05) is 32.0 Å². The summed E-state index contributed by atoms with van der Waals surface area (Å²) in [5.74, 6) is -0.221. The fourth-order valence-electron chi connectivity index (χ4n) is 1.83. The number of benzene rings is 1. The Hall–Kier alpha value is -1.51. The number of rotatable bonds is 14. The standard InChI is InChI=1S/C12H16O2.C6H14O4.C4H10O/c1-2-3-7-10-14-12(13)11-8-5-4-6-9-11;7-1-3-9-5-6-10-4-2-8;1-3-5-4-2/h4-6,8-9H,2-3,7,10H2,1H3;7-8H,1-6H2;3-4H2,1-2H3. The van der Waals surface area contributed by atoms with Crippen molar-refractivity contribution in [3.63, 3.8) is 0 Å². The molecule has 0 amide bonds. The molecule has 0 aliphatic heterocycles. The zero-order valence-electron chi connectivity index (χ0n) is 18.3. The number of aliphatic hydroxyl groups is 2. The summed E-state index contributed by atoms with van der Waals surface area (Å²) in [6, 6.07) is 9.09. The van der Waals surface area contributed by atoms with Gasteiger partial charge in [-0.15, -0.1) is 0 Å². The molecule has 0 heterocycles. The first-order valence-corrected chi connectivity index (χ1v) is 10.3. The minimum Gasteiger partial charge on any atom is -0.462 e. The number of unbranched alkanes of at least 4 members (excludes halogenated alkanes) is 2. The summed E-state index contributed by atoms with van der Waals surface area (Å²) >= 11 is 0. The van der Waals surface area contributed by atoms with E-state index in [0.29, 0.717) is 38.6 Å². The van der Waals surface area contributed by atoms with E-state index in [4.69, 9.17) is 29.2 Å². The number of carbonyl (C=O) groups is 1. The highest BCUT2D eigenvalue weighted by molar-refractivity contribution is 5.89. The molecule has 0 fully saturated rings. The van der Waals surface area contributed by atoms with Gasteiger partial charge in [-0.25, -0.2) is 4.79 Å². The average Bonchev–Trinajstić information content (AvgIpc) is 2.76. The molecule has 1 aromatic carbocycles. The van der Waals surface area contributed by atoms with Crippen LogP contribution in [0.15, 0.2) is 30.3 Å². The quantitative estimate of drug-likeness (QED) is 0.355. The fourth-order valence-corrected chi connectivity index (χ4v) is 1.83. The molecule has 0 bridgehead atoms. The Balaban J connectivity index is 0. The summed E-state index contributed by atoms with van der Waals surface area (Å²) in [5, 5.41) is 16.5. The van der Waals surface area contributed by atoms with Crippen LogP contribution in [0.3, 0.4) is 0 Å². The molecule has 2 N–H and O–H groups in total. The van der Waals surface area contributed by atoms with Crippen molar-refractivity contribution in [1.82, 2.24) is 0 Å². The van der Waals surface area contributed by atoms with E-state index in [-0.39, 0.29) is 19.2 Å². The van der Waals surface area contributed by atoms with Gasteiger partial charge in [-0.2, -0.15) is 0 Å². The Morgan fingerprint density at radius 1 is 0.759 bits per heavy atom. The van der Waals surface area contributed by atoms with Crippen LogP contribution in [0.4, 0.5) is 0 Å². The molecule has 0 aliphatic rings. The zero-order valence-corrected chi connectivity index (χ0v) is 18.3. The fraction of sp³-hybridized carbons (Fsp3) is 0.682.